The largest absolute Gasteiger partial charge is 0.322 e. The zero-order valence-corrected chi connectivity index (χ0v) is 13.8. The van der Waals surface area contributed by atoms with Gasteiger partial charge in [0.05, 0.1) is 26.3 Å². The zero-order chi connectivity index (χ0) is 16.4. The van der Waals surface area contributed by atoms with Gasteiger partial charge in [0.2, 0.25) is 0 Å². The second kappa shape index (κ2) is 6.58. The smallest absolute Gasteiger partial charge is 0.259 e. The maximum absolute atomic E-state index is 12.6. The van der Waals surface area contributed by atoms with Crippen LogP contribution in [0.3, 0.4) is 0 Å². The number of nitrogens with one attached hydrogen (secondary N) is 1. The molecule has 2 aromatic carbocycles. The normalized spacial score (nSPS) is 10.6. The molecule has 1 amide bonds. The molecule has 1 aromatic heterocycles. The number of amides is 1. The molecule has 23 heavy (non-hydrogen) atoms. The third-order valence-electron chi connectivity index (χ3n) is 3.06. The van der Waals surface area contributed by atoms with Crippen LogP contribution in [0.4, 0.5) is 5.69 Å². The molecule has 1 N–H and O–H groups in total. The molecule has 8 heteroatoms. The molecule has 0 spiro atoms. The van der Waals surface area contributed by atoms with Crippen LogP contribution in [0, 0.1) is 0 Å². The summed E-state index contributed by atoms with van der Waals surface area (Å²) >= 11 is 18.0. The van der Waals surface area contributed by atoms with Crippen molar-refractivity contribution in [1.29, 1.82) is 0 Å². The number of aromatic nitrogens is 3. The van der Waals surface area contributed by atoms with Gasteiger partial charge in [0, 0.05) is 5.69 Å². The Morgan fingerprint density at radius 3 is 2.57 bits per heavy atom. The van der Waals surface area contributed by atoms with Gasteiger partial charge in [0.15, 0.2) is 0 Å². The molecule has 0 saturated heterocycles. The molecule has 3 rings (SSSR count). The maximum atomic E-state index is 12.6. The third kappa shape index (κ3) is 3.32. The number of anilines is 1. The van der Waals surface area contributed by atoms with E-state index in [4.69, 9.17) is 34.8 Å². The summed E-state index contributed by atoms with van der Waals surface area (Å²) in [5, 5.41) is 7.83. The SMILES string of the molecule is O=C(Nc1ccc(Cl)c(Cl)c1)c1c(Cl)cccc1-n1cncn1. The van der Waals surface area contributed by atoms with Crippen molar-refractivity contribution >= 4 is 46.4 Å². The van der Waals surface area contributed by atoms with Crippen molar-refractivity contribution in [1.82, 2.24) is 14.8 Å². The van der Waals surface area contributed by atoms with E-state index in [0.29, 0.717) is 26.4 Å². The second-order valence-corrected chi connectivity index (χ2v) is 5.78. The molecule has 5 nitrogen and oxygen atoms in total. The average Bonchev–Trinajstić information content (AvgIpc) is 3.05. The highest BCUT2D eigenvalue weighted by molar-refractivity contribution is 6.42. The van der Waals surface area contributed by atoms with Crippen molar-refractivity contribution in [3.63, 3.8) is 0 Å². The highest BCUT2D eigenvalue weighted by Crippen LogP contribution is 2.27. The first-order valence-electron chi connectivity index (χ1n) is 6.46. The van der Waals surface area contributed by atoms with Crippen LogP contribution in [-0.2, 0) is 0 Å². The number of carbonyl (C=O) groups excluding carboxylic acids is 1. The van der Waals surface area contributed by atoms with Crippen LogP contribution in [-0.4, -0.2) is 20.7 Å². The molecule has 0 unspecified atom stereocenters. The molecule has 0 aliphatic carbocycles. The van der Waals surface area contributed by atoms with E-state index in [0.717, 1.165) is 0 Å². The Balaban J connectivity index is 1.98. The molecule has 1 heterocycles. The molecule has 0 aliphatic heterocycles. The monoisotopic (exact) mass is 366 g/mol. The first-order chi connectivity index (χ1) is 11.1. The van der Waals surface area contributed by atoms with E-state index in [1.54, 1.807) is 36.4 Å². The van der Waals surface area contributed by atoms with E-state index in [-0.39, 0.29) is 11.5 Å². The summed E-state index contributed by atoms with van der Waals surface area (Å²) in [6, 6.07) is 9.90. The Labute approximate surface area is 146 Å². The van der Waals surface area contributed by atoms with E-state index in [2.05, 4.69) is 15.4 Å². The standard InChI is InChI=1S/C15H9Cl3N4O/c16-10-5-4-9(6-12(10)18)21-15(23)14-11(17)2-1-3-13(14)22-8-19-7-20-22/h1-8H,(H,21,23). The Morgan fingerprint density at radius 2 is 1.87 bits per heavy atom. The van der Waals surface area contributed by atoms with Gasteiger partial charge in [-0.2, -0.15) is 5.10 Å². The number of halogens is 3. The number of nitrogens with zero attached hydrogens (tertiary/aromatic N) is 3. The molecule has 0 fully saturated rings. The molecule has 116 valence electrons. The summed E-state index contributed by atoms with van der Waals surface area (Å²) in [4.78, 5) is 16.5. The molecule has 0 aliphatic rings. The first kappa shape index (κ1) is 15.8. The summed E-state index contributed by atoms with van der Waals surface area (Å²) in [7, 11) is 0. The number of benzene rings is 2. The fraction of sp³-hybridized carbons (Fsp3) is 0. The molecular weight excluding hydrogens is 359 g/mol. The summed E-state index contributed by atoms with van der Waals surface area (Å²) < 4.78 is 1.47. The second-order valence-electron chi connectivity index (χ2n) is 4.56. The minimum absolute atomic E-state index is 0.283. The predicted molar refractivity (Wildman–Crippen MR) is 90.8 cm³/mol. The molecule has 3 aromatic rings. The highest BCUT2D eigenvalue weighted by atomic mass is 35.5. The van der Waals surface area contributed by atoms with Gasteiger partial charge in [-0.15, -0.1) is 0 Å². The zero-order valence-electron chi connectivity index (χ0n) is 11.5. The van der Waals surface area contributed by atoms with Gasteiger partial charge in [0.25, 0.3) is 5.91 Å². The topological polar surface area (TPSA) is 59.8 Å². The summed E-state index contributed by atoms with van der Waals surface area (Å²) in [6.45, 7) is 0. The quantitative estimate of drug-likeness (QED) is 0.742. The number of hydrogen-bond donors (Lipinski definition) is 1. The van der Waals surface area contributed by atoms with Gasteiger partial charge < -0.3 is 5.32 Å². The van der Waals surface area contributed by atoms with E-state index in [1.807, 2.05) is 0 Å². The number of carbonyl (C=O) groups is 1. The van der Waals surface area contributed by atoms with Crippen LogP contribution in [0.5, 0.6) is 0 Å². The minimum Gasteiger partial charge on any atom is -0.322 e. The Morgan fingerprint density at radius 1 is 1.04 bits per heavy atom. The lowest BCUT2D eigenvalue weighted by molar-refractivity contribution is 0.102. The van der Waals surface area contributed by atoms with Crippen LogP contribution < -0.4 is 5.32 Å². The molecule has 0 saturated carbocycles. The van der Waals surface area contributed by atoms with E-state index in [9.17, 15) is 4.79 Å². The minimum atomic E-state index is -0.389. The molecule has 0 radical (unpaired) electrons. The highest BCUT2D eigenvalue weighted by Gasteiger charge is 2.17. The summed E-state index contributed by atoms with van der Waals surface area (Å²) in [6.07, 6.45) is 2.86. The van der Waals surface area contributed by atoms with Crippen LogP contribution in [0.1, 0.15) is 10.4 Å². The third-order valence-corrected chi connectivity index (χ3v) is 4.12. The van der Waals surface area contributed by atoms with Gasteiger partial charge in [-0.1, -0.05) is 40.9 Å². The van der Waals surface area contributed by atoms with Crippen molar-refractivity contribution in [3.8, 4) is 5.69 Å². The Kier molecular flexibility index (Phi) is 4.52. The van der Waals surface area contributed by atoms with Gasteiger partial charge in [0.1, 0.15) is 12.7 Å². The van der Waals surface area contributed by atoms with Gasteiger partial charge in [-0.25, -0.2) is 9.67 Å². The summed E-state index contributed by atoms with van der Waals surface area (Å²) in [5.41, 5.74) is 1.31. The van der Waals surface area contributed by atoms with Crippen molar-refractivity contribution in [2.75, 3.05) is 5.32 Å². The molecule has 0 atom stereocenters. The number of rotatable bonds is 3. The average molecular weight is 368 g/mol. The fourth-order valence-electron chi connectivity index (χ4n) is 2.03. The Hall–Kier alpha value is -2.08. The van der Waals surface area contributed by atoms with Crippen LogP contribution in [0.25, 0.3) is 5.69 Å². The van der Waals surface area contributed by atoms with Crippen molar-refractivity contribution in [3.05, 3.63) is 69.7 Å². The van der Waals surface area contributed by atoms with E-state index in [1.165, 1.54) is 17.3 Å². The lowest BCUT2D eigenvalue weighted by Gasteiger charge is -2.12. The maximum Gasteiger partial charge on any atom is 0.259 e. The Bertz CT molecular complexity index is 865. The van der Waals surface area contributed by atoms with Gasteiger partial charge in [-0.05, 0) is 30.3 Å². The lowest BCUT2D eigenvalue weighted by atomic mass is 10.1. The van der Waals surface area contributed by atoms with Gasteiger partial charge in [-0.3, -0.25) is 4.79 Å². The van der Waals surface area contributed by atoms with Crippen molar-refractivity contribution in [2.24, 2.45) is 0 Å². The van der Waals surface area contributed by atoms with Crippen molar-refractivity contribution in [2.45, 2.75) is 0 Å². The van der Waals surface area contributed by atoms with Crippen LogP contribution in [0.2, 0.25) is 15.1 Å². The van der Waals surface area contributed by atoms with Gasteiger partial charge >= 0.3 is 0 Å². The van der Waals surface area contributed by atoms with E-state index < -0.39 is 0 Å². The fourth-order valence-corrected chi connectivity index (χ4v) is 2.58. The first-order valence-corrected chi connectivity index (χ1v) is 7.59. The predicted octanol–water partition coefficient (Wildman–Crippen LogP) is 4.48. The lowest BCUT2D eigenvalue weighted by Crippen LogP contribution is -2.16. The molecular formula is C15H9Cl3N4O. The van der Waals surface area contributed by atoms with Crippen LogP contribution in [0.15, 0.2) is 49.1 Å². The van der Waals surface area contributed by atoms with E-state index >= 15 is 0 Å². The van der Waals surface area contributed by atoms with Crippen molar-refractivity contribution < 1.29 is 4.79 Å². The molecule has 0 bridgehead atoms. The number of hydrogen-bond acceptors (Lipinski definition) is 3. The summed E-state index contributed by atoms with van der Waals surface area (Å²) in [5.74, 6) is -0.389. The van der Waals surface area contributed by atoms with Crippen LogP contribution >= 0.6 is 34.8 Å².